The van der Waals surface area contributed by atoms with Crippen LogP contribution >= 0.6 is 0 Å². The van der Waals surface area contributed by atoms with E-state index in [0.29, 0.717) is 18.9 Å². The van der Waals surface area contributed by atoms with Gasteiger partial charge >= 0.3 is 0 Å². The van der Waals surface area contributed by atoms with Gasteiger partial charge < -0.3 is 4.74 Å². The van der Waals surface area contributed by atoms with Crippen molar-refractivity contribution >= 4 is 10.0 Å². The lowest BCUT2D eigenvalue weighted by atomic mass is 10.1. The number of nitrogens with zero attached hydrogens (tertiary/aromatic N) is 1. The van der Waals surface area contributed by atoms with Crippen LogP contribution < -0.4 is 9.46 Å². The molecule has 5 nitrogen and oxygen atoms in total. The Labute approximate surface area is 156 Å². The summed E-state index contributed by atoms with van der Waals surface area (Å²) in [6.45, 7) is 5.85. The maximum Gasteiger partial charge on any atom is 0.240 e. The van der Waals surface area contributed by atoms with Crippen LogP contribution in [0.25, 0.3) is 0 Å². The highest BCUT2D eigenvalue weighted by Crippen LogP contribution is 2.18. The van der Waals surface area contributed by atoms with Crippen LogP contribution in [-0.4, -0.2) is 33.0 Å². The Kier molecular flexibility index (Phi) is 6.29. The first-order chi connectivity index (χ1) is 12.6. The molecule has 2 aromatic carbocycles. The van der Waals surface area contributed by atoms with Crippen molar-refractivity contribution in [1.29, 1.82) is 0 Å². The second-order valence-electron chi connectivity index (χ2n) is 6.48. The monoisotopic (exact) mass is 374 g/mol. The van der Waals surface area contributed by atoms with Crippen LogP contribution in [0.4, 0.5) is 0 Å². The number of hydrogen-bond donors (Lipinski definition) is 1. The molecule has 1 N–H and O–H groups in total. The molecule has 0 atom stereocenters. The zero-order chi connectivity index (χ0) is 18.4. The number of sulfonamides is 1. The van der Waals surface area contributed by atoms with E-state index in [0.717, 1.165) is 25.2 Å². The molecule has 1 aliphatic heterocycles. The molecule has 1 heterocycles. The first kappa shape index (κ1) is 18.9. The summed E-state index contributed by atoms with van der Waals surface area (Å²) in [5, 5.41) is 0. The van der Waals surface area contributed by atoms with Crippen molar-refractivity contribution in [2.45, 2.75) is 37.8 Å². The molecular weight excluding hydrogens is 348 g/mol. The largest absolute Gasteiger partial charge is 0.494 e. The van der Waals surface area contributed by atoms with Crippen LogP contribution in [0.15, 0.2) is 53.4 Å². The van der Waals surface area contributed by atoms with E-state index < -0.39 is 10.0 Å². The van der Waals surface area contributed by atoms with E-state index in [1.54, 1.807) is 24.3 Å². The van der Waals surface area contributed by atoms with Crippen molar-refractivity contribution in [1.82, 2.24) is 9.62 Å². The van der Waals surface area contributed by atoms with Crippen LogP contribution in [0.1, 0.15) is 30.9 Å². The summed E-state index contributed by atoms with van der Waals surface area (Å²) in [5.74, 6) is 0.669. The molecule has 1 fully saturated rings. The van der Waals surface area contributed by atoms with Crippen LogP contribution in [0.5, 0.6) is 5.75 Å². The van der Waals surface area contributed by atoms with Crippen LogP contribution in [0.2, 0.25) is 0 Å². The molecular formula is C20H26N2O3S. The van der Waals surface area contributed by atoms with Gasteiger partial charge in [-0.2, -0.15) is 0 Å². The minimum Gasteiger partial charge on any atom is -0.494 e. The van der Waals surface area contributed by atoms with Crippen LogP contribution in [0.3, 0.4) is 0 Å². The van der Waals surface area contributed by atoms with Crippen LogP contribution in [0, 0.1) is 0 Å². The minimum atomic E-state index is -3.55. The quantitative estimate of drug-likeness (QED) is 0.771. The van der Waals surface area contributed by atoms with Gasteiger partial charge in [0.25, 0.3) is 0 Å². The third-order valence-electron chi connectivity index (χ3n) is 4.61. The van der Waals surface area contributed by atoms with Gasteiger partial charge in [-0.1, -0.05) is 24.3 Å². The van der Waals surface area contributed by atoms with Gasteiger partial charge in [0.2, 0.25) is 10.0 Å². The Bertz CT molecular complexity index is 813. The molecule has 6 heteroatoms. The van der Waals surface area contributed by atoms with Gasteiger partial charge in [-0.05, 0) is 68.2 Å². The molecule has 3 rings (SSSR count). The lowest BCUT2D eigenvalue weighted by molar-refractivity contribution is 0.330. The highest BCUT2D eigenvalue weighted by atomic mass is 32.2. The zero-order valence-corrected chi connectivity index (χ0v) is 16.0. The molecule has 0 aliphatic carbocycles. The second-order valence-corrected chi connectivity index (χ2v) is 8.25. The molecule has 0 amide bonds. The number of likely N-dealkylation sites (tertiary alicyclic amines) is 1. The predicted octanol–water partition coefficient (Wildman–Crippen LogP) is 3.16. The number of nitrogens with one attached hydrogen (secondary N) is 1. The molecule has 0 spiro atoms. The predicted molar refractivity (Wildman–Crippen MR) is 103 cm³/mol. The van der Waals surface area contributed by atoms with E-state index in [-0.39, 0.29) is 4.90 Å². The van der Waals surface area contributed by atoms with E-state index in [1.807, 2.05) is 25.1 Å². The summed E-state index contributed by atoms with van der Waals surface area (Å²) >= 11 is 0. The summed E-state index contributed by atoms with van der Waals surface area (Å²) in [6, 6.07) is 14.5. The fourth-order valence-electron chi connectivity index (χ4n) is 3.20. The summed E-state index contributed by atoms with van der Waals surface area (Å²) < 4.78 is 33.2. The Balaban J connectivity index is 1.67. The molecule has 140 valence electrons. The van der Waals surface area contributed by atoms with Crippen molar-refractivity contribution in [3.05, 3.63) is 59.7 Å². The number of benzene rings is 2. The minimum absolute atomic E-state index is 0.248. The molecule has 0 saturated carbocycles. The Morgan fingerprint density at radius 2 is 1.65 bits per heavy atom. The second kappa shape index (κ2) is 8.66. The lowest BCUT2D eigenvalue weighted by Crippen LogP contribution is -2.25. The highest BCUT2D eigenvalue weighted by Gasteiger charge is 2.16. The molecule has 2 aromatic rings. The Morgan fingerprint density at radius 1 is 1.00 bits per heavy atom. The summed E-state index contributed by atoms with van der Waals surface area (Å²) in [7, 11) is -3.55. The van der Waals surface area contributed by atoms with Gasteiger partial charge in [-0.3, -0.25) is 4.90 Å². The van der Waals surface area contributed by atoms with Crippen molar-refractivity contribution in [2.75, 3.05) is 19.7 Å². The van der Waals surface area contributed by atoms with Crippen molar-refractivity contribution in [3.8, 4) is 5.75 Å². The van der Waals surface area contributed by atoms with Crippen molar-refractivity contribution in [2.24, 2.45) is 0 Å². The first-order valence-electron chi connectivity index (χ1n) is 9.10. The first-order valence-corrected chi connectivity index (χ1v) is 10.6. The summed E-state index contributed by atoms with van der Waals surface area (Å²) in [4.78, 5) is 2.66. The topological polar surface area (TPSA) is 58.6 Å². The van der Waals surface area contributed by atoms with E-state index in [1.165, 1.54) is 18.4 Å². The summed E-state index contributed by atoms with van der Waals surface area (Å²) in [5.41, 5.74) is 2.21. The van der Waals surface area contributed by atoms with E-state index in [9.17, 15) is 8.42 Å². The van der Waals surface area contributed by atoms with Gasteiger partial charge in [-0.25, -0.2) is 13.1 Å². The smallest absolute Gasteiger partial charge is 0.240 e. The molecule has 1 aliphatic rings. The number of hydrogen-bond acceptors (Lipinski definition) is 4. The highest BCUT2D eigenvalue weighted by molar-refractivity contribution is 7.89. The van der Waals surface area contributed by atoms with E-state index in [2.05, 4.69) is 15.7 Å². The number of ether oxygens (including phenoxy) is 1. The normalized spacial score (nSPS) is 15.3. The van der Waals surface area contributed by atoms with Crippen molar-refractivity contribution in [3.63, 3.8) is 0 Å². The zero-order valence-electron chi connectivity index (χ0n) is 15.1. The Hall–Kier alpha value is -1.89. The molecule has 26 heavy (non-hydrogen) atoms. The SMILES string of the molecule is CCOc1ccc(S(=O)(=O)NCc2ccccc2CN2CCCC2)cc1. The number of rotatable bonds is 8. The van der Waals surface area contributed by atoms with Gasteiger partial charge in [0.1, 0.15) is 5.75 Å². The van der Waals surface area contributed by atoms with Gasteiger partial charge in [0.15, 0.2) is 0 Å². The van der Waals surface area contributed by atoms with E-state index in [4.69, 9.17) is 4.74 Å². The standard InChI is InChI=1S/C20H26N2O3S/c1-2-25-19-9-11-20(12-10-19)26(23,24)21-15-17-7-3-4-8-18(17)16-22-13-5-6-14-22/h3-4,7-12,21H,2,5-6,13-16H2,1H3. The maximum absolute atomic E-state index is 12.6. The third kappa shape index (κ3) is 4.84. The van der Waals surface area contributed by atoms with Crippen molar-refractivity contribution < 1.29 is 13.2 Å². The maximum atomic E-state index is 12.6. The fourth-order valence-corrected chi connectivity index (χ4v) is 4.21. The average molecular weight is 375 g/mol. The van der Waals surface area contributed by atoms with Gasteiger partial charge in [-0.15, -0.1) is 0 Å². The van der Waals surface area contributed by atoms with Crippen LogP contribution in [-0.2, 0) is 23.1 Å². The van der Waals surface area contributed by atoms with E-state index >= 15 is 0 Å². The molecule has 0 unspecified atom stereocenters. The third-order valence-corrected chi connectivity index (χ3v) is 6.03. The average Bonchev–Trinajstić information content (AvgIpc) is 3.15. The lowest BCUT2D eigenvalue weighted by Gasteiger charge is -2.17. The molecule has 1 saturated heterocycles. The summed E-state index contributed by atoms with van der Waals surface area (Å²) in [6.07, 6.45) is 2.49. The van der Waals surface area contributed by atoms with Gasteiger partial charge in [0, 0.05) is 13.1 Å². The molecule has 0 aromatic heterocycles. The fraction of sp³-hybridized carbons (Fsp3) is 0.400. The Morgan fingerprint density at radius 3 is 2.31 bits per heavy atom. The molecule has 0 bridgehead atoms. The van der Waals surface area contributed by atoms with Gasteiger partial charge in [0.05, 0.1) is 11.5 Å². The molecule has 0 radical (unpaired) electrons.